The molecule has 100 valence electrons. The number of rotatable bonds is 3. The van der Waals surface area contributed by atoms with Crippen LogP contribution in [-0.4, -0.2) is 16.2 Å². The summed E-state index contributed by atoms with van der Waals surface area (Å²) in [4.78, 5) is 11.1. The molecule has 0 saturated heterocycles. The molecule has 0 amide bonds. The molecule has 1 unspecified atom stereocenters. The van der Waals surface area contributed by atoms with Crippen molar-refractivity contribution in [3.05, 3.63) is 59.7 Å². The maximum Gasteiger partial charge on any atom is 0.340 e. The van der Waals surface area contributed by atoms with Gasteiger partial charge in [-0.25, -0.2) is 4.79 Å². The van der Waals surface area contributed by atoms with Crippen molar-refractivity contribution < 1.29 is 15.0 Å². The minimum absolute atomic E-state index is 0.0900. The first-order chi connectivity index (χ1) is 9.46. The van der Waals surface area contributed by atoms with Crippen molar-refractivity contribution in [3.63, 3.8) is 0 Å². The van der Waals surface area contributed by atoms with Crippen molar-refractivity contribution in [3.8, 4) is 17.2 Å². The van der Waals surface area contributed by atoms with Gasteiger partial charge in [0.1, 0.15) is 0 Å². The Kier molecular flexibility index (Phi) is 3.55. The monoisotopic (exact) mass is 267 g/mol. The lowest BCUT2D eigenvalue weighted by Gasteiger charge is -2.20. The van der Waals surface area contributed by atoms with Gasteiger partial charge in [-0.15, -0.1) is 0 Å². The molecule has 0 aliphatic heterocycles. The minimum atomic E-state index is -2.08. The molecule has 0 fully saturated rings. The molecule has 2 N–H and O–H groups in total. The summed E-state index contributed by atoms with van der Waals surface area (Å²) in [5.41, 5.74) is -0.121. The quantitative estimate of drug-likeness (QED) is 0.895. The van der Waals surface area contributed by atoms with Crippen LogP contribution >= 0.6 is 0 Å². The zero-order chi connectivity index (χ0) is 14.8. The highest BCUT2D eigenvalue weighted by atomic mass is 16.4. The molecule has 0 radical (unpaired) electrons. The Morgan fingerprint density at radius 3 is 2.35 bits per heavy atom. The summed E-state index contributed by atoms with van der Waals surface area (Å²) in [6.45, 7) is 1.16. The Labute approximate surface area is 116 Å². The molecule has 4 nitrogen and oxygen atoms in total. The molecular weight excluding hydrogens is 254 g/mol. The van der Waals surface area contributed by atoms with Gasteiger partial charge in [-0.1, -0.05) is 42.5 Å². The molecule has 2 aromatic carbocycles. The number of hydrogen-bond donors (Lipinski definition) is 2. The van der Waals surface area contributed by atoms with E-state index in [0.29, 0.717) is 0 Å². The van der Waals surface area contributed by atoms with E-state index in [2.05, 4.69) is 0 Å². The van der Waals surface area contributed by atoms with Gasteiger partial charge in [0.2, 0.25) is 0 Å². The summed E-state index contributed by atoms with van der Waals surface area (Å²) < 4.78 is 0. The SMILES string of the molecule is CC(O)(C(=O)O)c1ccc(-c2ccccc2)cc1C#N. The smallest absolute Gasteiger partial charge is 0.340 e. The normalized spacial score (nSPS) is 13.2. The summed E-state index contributed by atoms with van der Waals surface area (Å²) in [6, 6.07) is 16.1. The molecule has 0 spiro atoms. The van der Waals surface area contributed by atoms with Crippen LogP contribution in [0.2, 0.25) is 0 Å². The topological polar surface area (TPSA) is 81.3 Å². The molecule has 0 aromatic heterocycles. The van der Waals surface area contributed by atoms with Gasteiger partial charge in [0.25, 0.3) is 0 Å². The number of carbonyl (C=O) groups is 1. The highest BCUT2D eigenvalue weighted by molar-refractivity contribution is 5.80. The summed E-state index contributed by atoms with van der Waals surface area (Å²) in [7, 11) is 0. The van der Waals surface area contributed by atoms with Crippen molar-refractivity contribution in [2.24, 2.45) is 0 Å². The third-order valence-electron chi connectivity index (χ3n) is 3.19. The molecule has 20 heavy (non-hydrogen) atoms. The van der Waals surface area contributed by atoms with Crippen molar-refractivity contribution in [2.75, 3.05) is 0 Å². The van der Waals surface area contributed by atoms with E-state index in [-0.39, 0.29) is 11.1 Å². The van der Waals surface area contributed by atoms with Gasteiger partial charge >= 0.3 is 5.97 Å². The first kappa shape index (κ1) is 13.8. The third-order valence-corrected chi connectivity index (χ3v) is 3.19. The first-order valence-corrected chi connectivity index (χ1v) is 6.02. The van der Waals surface area contributed by atoms with Crippen LogP contribution in [0.25, 0.3) is 11.1 Å². The molecule has 0 aliphatic rings. The van der Waals surface area contributed by atoms with E-state index in [1.54, 1.807) is 12.1 Å². The lowest BCUT2D eigenvalue weighted by molar-refractivity contribution is -0.157. The van der Waals surface area contributed by atoms with Gasteiger partial charge in [-0.2, -0.15) is 5.26 Å². The van der Waals surface area contributed by atoms with Gasteiger partial charge in [0.05, 0.1) is 11.6 Å². The summed E-state index contributed by atoms with van der Waals surface area (Å²) >= 11 is 0. The Morgan fingerprint density at radius 2 is 1.80 bits per heavy atom. The van der Waals surface area contributed by atoms with Crippen molar-refractivity contribution in [1.29, 1.82) is 5.26 Å². The molecule has 0 heterocycles. The van der Waals surface area contributed by atoms with Crippen LogP contribution in [-0.2, 0) is 10.4 Å². The number of nitriles is 1. The van der Waals surface area contributed by atoms with E-state index in [9.17, 15) is 15.2 Å². The van der Waals surface area contributed by atoms with Gasteiger partial charge in [-0.05, 0) is 24.1 Å². The summed E-state index contributed by atoms with van der Waals surface area (Å²) in [5.74, 6) is -1.39. The number of nitrogens with zero attached hydrogens (tertiary/aromatic N) is 1. The minimum Gasteiger partial charge on any atom is -0.479 e. The molecule has 0 aliphatic carbocycles. The number of aliphatic hydroxyl groups is 1. The molecule has 4 heteroatoms. The molecule has 0 saturated carbocycles. The van der Waals surface area contributed by atoms with Crippen LogP contribution in [0.15, 0.2) is 48.5 Å². The van der Waals surface area contributed by atoms with E-state index >= 15 is 0 Å². The Hall–Kier alpha value is -2.64. The van der Waals surface area contributed by atoms with E-state index in [1.165, 1.54) is 6.07 Å². The second kappa shape index (κ2) is 5.16. The van der Waals surface area contributed by atoms with Crippen LogP contribution < -0.4 is 0 Å². The average molecular weight is 267 g/mol. The zero-order valence-electron chi connectivity index (χ0n) is 10.9. The maximum atomic E-state index is 11.1. The predicted octanol–water partition coefficient (Wildman–Crippen LogP) is 2.52. The van der Waals surface area contributed by atoms with Crippen LogP contribution in [0.1, 0.15) is 18.1 Å². The Balaban J connectivity index is 2.56. The fourth-order valence-corrected chi connectivity index (χ4v) is 1.99. The molecule has 1 atom stereocenters. The lowest BCUT2D eigenvalue weighted by Crippen LogP contribution is -2.32. The van der Waals surface area contributed by atoms with Crippen LogP contribution in [0.4, 0.5) is 0 Å². The molecule has 2 rings (SSSR count). The van der Waals surface area contributed by atoms with Crippen molar-refractivity contribution in [2.45, 2.75) is 12.5 Å². The van der Waals surface area contributed by atoms with Gasteiger partial charge in [0.15, 0.2) is 5.60 Å². The molecular formula is C16H13NO3. The lowest BCUT2D eigenvalue weighted by atomic mass is 9.89. The zero-order valence-corrected chi connectivity index (χ0v) is 10.9. The standard InChI is InChI=1S/C16H13NO3/c1-16(20,15(18)19)14-8-7-12(9-13(14)10-17)11-5-3-2-4-6-11/h2-9,20H,1H3,(H,18,19). The number of hydrogen-bond acceptors (Lipinski definition) is 3. The number of aliphatic carboxylic acids is 1. The Bertz CT molecular complexity index is 685. The second-order valence-corrected chi connectivity index (χ2v) is 4.62. The first-order valence-electron chi connectivity index (χ1n) is 6.02. The number of carboxylic acid groups (broad SMARTS) is 1. The second-order valence-electron chi connectivity index (χ2n) is 4.62. The highest BCUT2D eigenvalue weighted by Gasteiger charge is 2.34. The summed E-state index contributed by atoms with van der Waals surface area (Å²) in [6.07, 6.45) is 0. The number of carboxylic acids is 1. The van der Waals surface area contributed by atoms with E-state index in [0.717, 1.165) is 18.1 Å². The maximum absolute atomic E-state index is 11.1. The average Bonchev–Trinajstić information content (AvgIpc) is 2.47. The van der Waals surface area contributed by atoms with Crippen LogP contribution in [0.5, 0.6) is 0 Å². The fraction of sp³-hybridized carbons (Fsp3) is 0.125. The molecule has 2 aromatic rings. The third kappa shape index (κ3) is 2.40. The Morgan fingerprint density at radius 1 is 1.15 bits per heavy atom. The van der Waals surface area contributed by atoms with Crippen molar-refractivity contribution in [1.82, 2.24) is 0 Å². The van der Waals surface area contributed by atoms with E-state index in [1.807, 2.05) is 36.4 Å². The largest absolute Gasteiger partial charge is 0.479 e. The van der Waals surface area contributed by atoms with Gasteiger partial charge in [0, 0.05) is 5.56 Å². The van der Waals surface area contributed by atoms with Crippen LogP contribution in [0, 0.1) is 11.3 Å². The van der Waals surface area contributed by atoms with E-state index in [4.69, 9.17) is 5.11 Å². The predicted molar refractivity (Wildman–Crippen MR) is 73.8 cm³/mol. The number of benzene rings is 2. The fourth-order valence-electron chi connectivity index (χ4n) is 1.99. The molecule has 0 bridgehead atoms. The van der Waals surface area contributed by atoms with Crippen molar-refractivity contribution >= 4 is 5.97 Å². The summed E-state index contributed by atoms with van der Waals surface area (Å²) in [5, 5.41) is 28.2. The van der Waals surface area contributed by atoms with Gasteiger partial charge in [-0.3, -0.25) is 0 Å². The van der Waals surface area contributed by atoms with Crippen LogP contribution in [0.3, 0.4) is 0 Å². The van der Waals surface area contributed by atoms with E-state index < -0.39 is 11.6 Å². The van der Waals surface area contributed by atoms with Gasteiger partial charge < -0.3 is 10.2 Å². The highest BCUT2D eigenvalue weighted by Crippen LogP contribution is 2.28.